The minimum Gasteiger partial charge on any atom is -0.486 e. The molecule has 0 radical (unpaired) electrons. The summed E-state index contributed by atoms with van der Waals surface area (Å²) >= 11 is 0. The number of imidazole rings is 1. The van der Waals surface area contributed by atoms with Gasteiger partial charge in [0, 0.05) is 0 Å². The second-order valence-corrected chi connectivity index (χ2v) is 7.19. The molecule has 4 nitrogen and oxygen atoms in total. The number of ether oxygens (including phenoxy) is 1. The van der Waals surface area contributed by atoms with Crippen molar-refractivity contribution in [2.75, 3.05) is 0 Å². The lowest BCUT2D eigenvalue weighted by molar-refractivity contribution is -0.137. The van der Waals surface area contributed by atoms with E-state index in [2.05, 4.69) is 4.98 Å². The molecule has 0 N–H and O–H groups in total. The summed E-state index contributed by atoms with van der Waals surface area (Å²) in [5.74, 6) is 1.84. The van der Waals surface area contributed by atoms with Crippen molar-refractivity contribution >= 4 is 21.8 Å². The van der Waals surface area contributed by atoms with Crippen molar-refractivity contribution in [1.82, 2.24) is 9.55 Å². The van der Waals surface area contributed by atoms with Gasteiger partial charge in [0.15, 0.2) is 0 Å². The van der Waals surface area contributed by atoms with Crippen LogP contribution in [0.3, 0.4) is 0 Å². The number of alkyl halides is 3. The summed E-state index contributed by atoms with van der Waals surface area (Å²) < 4.78 is 52.6. The monoisotopic (exact) mass is 422 g/mol. The molecule has 0 spiro atoms. The highest BCUT2D eigenvalue weighted by atomic mass is 19.4. The topological polar surface area (TPSA) is 40.2 Å². The number of hydrogen-bond donors (Lipinski definition) is 0. The summed E-state index contributed by atoms with van der Waals surface area (Å²) in [4.78, 5) is 4.44. The normalized spacial score (nSPS) is 12.0. The van der Waals surface area contributed by atoms with Gasteiger partial charge in [-0.3, -0.25) is 0 Å². The van der Waals surface area contributed by atoms with Crippen LogP contribution >= 0.6 is 0 Å². The predicted octanol–water partition coefficient (Wildman–Crippen LogP) is 6.43. The van der Waals surface area contributed by atoms with Gasteiger partial charge in [0.1, 0.15) is 23.9 Å². The van der Waals surface area contributed by atoms with Gasteiger partial charge in [-0.05, 0) is 53.2 Å². The minimum absolute atomic E-state index is 0.106. The highest BCUT2D eigenvalue weighted by molar-refractivity contribution is 5.83. The van der Waals surface area contributed by atoms with E-state index in [1.807, 2.05) is 53.1 Å². The lowest BCUT2D eigenvalue weighted by atomic mass is 10.1. The van der Waals surface area contributed by atoms with Gasteiger partial charge in [-0.1, -0.05) is 30.3 Å². The van der Waals surface area contributed by atoms with Crippen molar-refractivity contribution in [3.05, 3.63) is 96.2 Å². The van der Waals surface area contributed by atoms with E-state index < -0.39 is 11.7 Å². The van der Waals surface area contributed by atoms with Gasteiger partial charge in [0.25, 0.3) is 0 Å². The molecule has 0 atom stereocenters. The minimum atomic E-state index is -4.43. The maximum Gasteiger partial charge on any atom is 0.416 e. The lowest BCUT2D eigenvalue weighted by Crippen LogP contribution is -2.08. The van der Waals surface area contributed by atoms with Gasteiger partial charge < -0.3 is 13.7 Å². The van der Waals surface area contributed by atoms with Crippen molar-refractivity contribution < 1.29 is 22.3 Å². The average Bonchev–Trinajstić information content (AvgIpc) is 3.39. The highest BCUT2D eigenvalue weighted by Gasteiger charge is 2.31. The van der Waals surface area contributed by atoms with Crippen LogP contribution in [0, 0.1) is 0 Å². The Labute approximate surface area is 175 Å². The molecule has 0 saturated carbocycles. The van der Waals surface area contributed by atoms with Gasteiger partial charge in [-0.15, -0.1) is 0 Å². The van der Waals surface area contributed by atoms with E-state index in [0.717, 1.165) is 22.9 Å². The van der Waals surface area contributed by atoms with Crippen LogP contribution < -0.4 is 4.74 Å². The molecule has 156 valence electrons. The molecule has 31 heavy (non-hydrogen) atoms. The second-order valence-electron chi connectivity index (χ2n) is 7.19. The van der Waals surface area contributed by atoms with E-state index in [1.165, 1.54) is 6.07 Å². The number of aromatic nitrogens is 2. The Balaban J connectivity index is 1.50. The van der Waals surface area contributed by atoms with E-state index in [-0.39, 0.29) is 12.1 Å². The number of fused-ring (bicyclic) bond motifs is 2. The molecule has 0 amide bonds. The van der Waals surface area contributed by atoms with E-state index >= 15 is 0 Å². The molecule has 0 unspecified atom stereocenters. The molecule has 2 heterocycles. The molecule has 0 aliphatic rings. The SMILES string of the molecule is FC(F)(F)c1ccc2c(c1)nc(COc1ccc3ccccc3c1)n2Cc1ccco1. The fourth-order valence-corrected chi connectivity index (χ4v) is 3.61. The summed E-state index contributed by atoms with van der Waals surface area (Å²) in [6, 6.07) is 20.8. The molecule has 2 aromatic heterocycles. The van der Waals surface area contributed by atoms with Crippen LogP contribution in [-0.2, 0) is 19.3 Å². The van der Waals surface area contributed by atoms with Crippen LogP contribution in [0.2, 0.25) is 0 Å². The van der Waals surface area contributed by atoms with Crippen LogP contribution in [0.4, 0.5) is 13.2 Å². The molecular formula is C24H17F3N2O2. The summed E-state index contributed by atoms with van der Waals surface area (Å²) in [5, 5.41) is 2.14. The molecule has 7 heteroatoms. The molecule has 0 aliphatic heterocycles. The third-order valence-electron chi connectivity index (χ3n) is 5.14. The standard InChI is InChI=1S/C24H17F3N2O2/c25-24(26,27)18-8-10-22-21(13-18)28-23(29(22)14-20-6-3-11-30-20)15-31-19-9-7-16-4-1-2-5-17(16)12-19/h1-13H,14-15H2. The van der Waals surface area contributed by atoms with Crippen LogP contribution in [0.5, 0.6) is 5.75 Å². The lowest BCUT2D eigenvalue weighted by Gasteiger charge is -2.10. The first kappa shape index (κ1) is 19.2. The molecule has 0 bridgehead atoms. The van der Waals surface area contributed by atoms with E-state index in [4.69, 9.17) is 9.15 Å². The third kappa shape index (κ3) is 3.86. The van der Waals surface area contributed by atoms with E-state index in [0.29, 0.717) is 29.4 Å². The molecular weight excluding hydrogens is 405 g/mol. The fourth-order valence-electron chi connectivity index (χ4n) is 3.61. The zero-order valence-electron chi connectivity index (χ0n) is 16.3. The Bertz CT molecular complexity index is 1350. The predicted molar refractivity (Wildman–Crippen MR) is 111 cm³/mol. The Hall–Kier alpha value is -3.74. The smallest absolute Gasteiger partial charge is 0.416 e. The molecule has 5 aromatic rings. The first-order valence-electron chi connectivity index (χ1n) is 9.68. The van der Waals surface area contributed by atoms with Crippen molar-refractivity contribution in [3.63, 3.8) is 0 Å². The fraction of sp³-hybridized carbons (Fsp3) is 0.125. The molecule has 0 saturated heterocycles. The quantitative estimate of drug-likeness (QED) is 0.328. The number of nitrogens with zero attached hydrogens (tertiary/aromatic N) is 2. The van der Waals surface area contributed by atoms with Gasteiger partial charge in [-0.2, -0.15) is 13.2 Å². The van der Waals surface area contributed by atoms with E-state index in [9.17, 15) is 13.2 Å². The van der Waals surface area contributed by atoms with Crippen LogP contribution in [0.1, 0.15) is 17.1 Å². The number of furan rings is 1. The average molecular weight is 422 g/mol. The summed E-state index contributed by atoms with van der Waals surface area (Å²) in [5.41, 5.74) is 0.115. The highest BCUT2D eigenvalue weighted by Crippen LogP contribution is 2.32. The first-order chi connectivity index (χ1) is 15.0. The first-order valence-corrected chi connectivity index (χ1v) is 9.68. The number of benzene rings is 3. The maximum atomic E-state index is 13.2. The summed E-state index contributed by atoms with van der Waals surface area (Å²) in [7, 11) is 0. The number of halogens is 3. The van der Waals surface area contributed by atoms with Crippen molar-refractivity contribution in [3.8, 4) is 5.75 Å². The van der Waals surface area contributed by atoms with Gasteiger partial charge >= 0.3 is 6.18 Å². The van der Waals surface area contributed by atoms with Crippen LogP contribution in [-0.4, -0.2) is 9.55 Å². The maximum absolute atomic E-state index is 13.2. The van der Waals surface area contributed by atoms with Crippen molar-refractivity contribution in [2.24, 2.45) is 0 Å². The Morgan fingerprint density at radius 1 is 0.903 bits per heavy atom. The van der Waals surface area contributed by atoms with Gasteiger partial charge in [0.2, 0.25) is 0 Å². The Morgan fingerprint density at radius 2 is 1.74 bits per heavy atom. The second kappa shape index (κ2) is 7.50. The Morgan fingerprint density at radius 3 is 2.52 bits per heavy atom. The van der Waals surface area contributed by atoms with Gasteiger partial charge in [-0.25, -0.2) is 4.98 Å². The molecule has 5 rings (SSSR count). The molecule has 3 aromatic carbocycles. The van der Waals surface area contributed by atoms with E-state index in [1.54, 1.807) is 12.3 Å². The number of hydrogen-bond acceptors (Lipinski definition) is 3. The largest absolute Gasteiger partial charge is 0.486 e. The van der Waals surface area contributed by atoms with Crippen molar-refractivity contribution in [2.45, 2.75) is 19.3 Å². The Kier molecular flexibility index (Phi) is 4.66. The molecule has 0 aliphatic carbocycles. The zero-order valence-corrected chi connectivity index (χ0v) is 16.3. The molecule has 0 fully saturated rings. The summed E-state index contributed by atoms with van der Waals surface area (Å²) in [6.07, 6.45) is -2.87. The van der Waals surface area contributed by atoms with Crippen LogP contribution in [0.15, 0.2) is 83.5 Å². The van der Waals surface area contributed by atoms with Crippen LogP contribution in [0.25, 0.3) is 21.8 Å². The van der Waals surface area contributed by atoms with Gasteiger partial charge in [0.05, 0.1) is 29.4 Å². The number of rotatable bonds is 5. The zero-order chi connectivity index (χ0) is 21.4. The van der Waals surface area contributed by atoms with Crippen molar-refractivity contribution in [1.29, 1.82) is 0 Å². The third-order valence-corrected chi connectivity index (χ3v) is 5.14. The summed E-state index contributed by atoms with van der Waals surface area (Å²) in [6.45, 7) is 0.445.